The summed E-state index contributed by atoms with van der Waals surface area (Å²) < 4.78 is 7.19. The summed E-state index contributed by atoms with van der Waals surface area (Å²) in [7, 11) is 0. The zero-order valence-corrected chi connectivity index (χ0v) is 18.5. The van der Waals surface area contributed by atoms with E-state index in [2.05, 4.69) is 5.32 Å². The van der Waals surface area contributed by atoms with Gasteiger partial charge in [-0.2, -0.15) is 0 Å². The maximum Gasteiger partial charge on any atom is 0.326 e. The molecular weight excluding hydrogens is 424 g/mol. The molecule has 0 radical (unpaired) electrons. The summed E-state index contributed by atoms with van der Waals surface area (Å²) in [6, 6.07) is 21.7. The number of rotatable bonds is 6. The Morgan fingerprint density at radius 1 is 0.938 bits per heavy atom. The molecule has 1 amide bonds. The van der Waals surface area contributed by atoms with Gasteiger partial charge in [0.05, 0.1) is 16.7 Å². The number of carbonyl (C=O) groups is 2. The molecule has 6 nitrogen and oxygen atoms in total. The number of aromatic nitrogens is 1. The van der Waals surface area contributed by atoms with Crippen molar-refractivity contribution in [1.29, 1.82) is 0 Å². The Kier molecular flexibility index (Phi) is 6.28. The van der Waals surface area contributed by atoms with Crippen LogP contribution in [0.25, 0.3) is 21.8 Å². The number of fused-ring (bicyclic) bond motifs is 2. The quantitative estimate of drug-likeness (QED) is 0.269. The molecule has 0 saturated carbocycles. The first-order chi connectivity index (χ1) is 15.5. The molecule has 4 rings (SSSR count). The summed E-state index contributed by atoms with van der Waals surface area (Å²) in [4.78, 5) is 39.1. The number of para-hydroxylation sites is 3. The lowest BCUT2D eigenvalue weighted by Crippen LogP contribution is -2.31. The largest absolute Gasteiger partial charge is 0.451 e. The minimum atomic E-state index is -0.977. The minimum Gasteiger partial charge on any atom is -0.451 e. The number of ether oxygens (including phenoxy) is 1. The molecule has 0 spiro atoms. The minimum absolute atomic E-state index is 0.0824. The highest BCUT2D eigenvalue weighted by Gasteiger charge is 2.20. The summed E-state index contributed by atoms with van der Waals surface area (Å²) in [6.45, 7) is 1.41. The van der Waals surface area contributed by atoms with E-state index in [4.69, 9.17) is 4.74 Å². The number of carbonyl (C=O) groups excluding carboxylic acids is 2. The number of thioether (sulfide) groups is 1. The van der Waals surface area contributed by atoms with Crippen molar-refractivity contribution in [3.05, 3.63) is 83.0 Å². The van der Waals surface area contributed by atoms with Gasteiger partial charge in [0.25, 0.3) is 5.91 Å². The van der Waals surface area contributed by atoms with Gasteiger partial charge in [-0.25, -0.2) is 0 Å². The highest BCUT2D eigenvalue weighted by atomic mass is 32.2. The molecule has 3 aromatic carbocycles. The Balaban J connectivity index is 1.57. The van der Waals surface area contributed by atoms with Crippen molar-refractivity contribution in [3.8, 4) is 0 Å². The molecule has 0 aliphatic carbocycles. The molecule has 7 heteroatoms. The van der Waals surface area contributed by atoms with Crippen molar-refractivity contribution in [1.82, 2.24) is 4.57 Å². The number of nitrogens with one attached hydrogen (secondary N) is 1. The SMILES string of the molecule is CSc1ccccc1NC(=O)C(C)OC(=O)Cn1c2ccccc2c(=O)c2ccccc21. The molecule has 0 saturated heterocycles. The standard InChI is InChI=1S/C25H22N2O4S/c1-16(25(30)26-19-11-5-8-14-22(19)32-2)31-23(28)15-27-20-12-6-3-9-17(20)24(29)18-10-4-7-13-21(18)27/h3-14,16H,15H2,1-2H3,(H,26,30). The van der Waals surface area contributed by atoms with E-state index in [-0.39, 0.29) is 12.0 Å². The monoisotopic (exact) mass is 446 g/mol. The van der Waals surface area contributed by atoms with Crippen LogP contribution < -0.4 is 10.7 Å². The number of hydrogen-bond donors (Lipinski definition) is 1. The van der Waals surface area contributed by atoms with Crippen molar-refractivity contribution in [2.75, 3.05) is 11.6 Å². The molecule has 162 valence electrons. The lowest BCUT2D eigenvalue weighted by Gasteiger charge is -2.17. The Morgan fingerprint density at radius 2 is 1.50 bits per heavy atom. The Morgan fingerprint density at radius 3 is 2.12 bits per heavy atom. The number of esters is 1. The van der Waals surface area contributed by atoms with Crippen LogP contribution in [0.2, 0.25) is 0 Å². The predicted octanol–water partition coefficient (Wildman–Crippen LogP) is 4.45. The van der Waals surface area contributed by atoms with Gasteiger partial charge < -0.3 is 14.6 Å². The van der Waals surface area contributed by atoms with E-state index in [1.165, 1.54) is 18.7 Å². The molecule has 1 aromatic heterocycles. The highest BCUT2D eigenvalue weighted by Crippen LogP contribution is 2.25. The average molecular weight is 447 g/mol. The van der Waals surface area contributed by atoms with Gasteiger partial charge in [-0.3, -0.25) is 14.4 Å². The van der Waals surface area contributed by atoms with Crippen molar-refractivity contribution < 1.29 is 14.3 Å². The molecule has 1 atom stereocenters. The van der Waals surface area contributed by atoms with Crippen LogP contribution in [0, 0.1) is 0 Å². The smallest absolute Gasteiger partial charge is 0.326 e. The van der Waals surface area contributed by atoms with Crippen LogP contribution in [-0.4, -0.2) is 28.8 Å². The lowest BCUT2D eigenvalue weighted by atomic mass is 10.1. The molecule has 0 aliphatic heterocycles. The van der Waals surface area contributed by atoms with Crippen LogP contribution >= 0.6 is 11.8 Å². The Hall–Kier alpha value is -3.58. The molecule has 0 aliphatic rings. The summed E-state index contributed by atoms with van der Waals surface area (Å²) in [5.41, 5.74) is 1.87. The third-order valence-electron chi connectivity index (χ3n) is 5.21. The zero-order chi connectivity index (χ0) is 22.7. The van der Waals surface area contributed by atoms with Crippen LogP contribution in [0.15, 0.2) is 82.5 Å². The van der Waals surface area contributed by atoms with Gasteiger partial charge in [-0.15, -0.1) is 11.8 Å². The fourth-order valence-electron chi connectivity index (χ4n) is 3.65. The Labute approximate surface area is 189 Å². The van der Waals surface area contributed by atoms with Gasteiger partial charge in [-0.1, -0.05) is 36.4 Å². The molecule has 0 bridgehead atoms. The number of pyridine rings is 1. The van der Waals surface area contributed by atoms with Gasteiger partial charge in [0.15, 0.2) is 11.5 Å². The van der Waals surface area contributed by atoms with Crippen LogP contribution in [0.5, 0.6) is 0 Å². The van der Waals surface area contributed by atoms with Crippen molar-refractivity contribution >= 4 is 51.1 Å². The van der Waals surface area contributed by atoms with Gasteiger partial charge in [0.2, 0.25) is 0 Å². The van der Waals surface area contributed by atoms with Crippen LogP contribution in [0.4, 0.5) is 5.69 Å². The van der Waals surface area contributed by atoms with E-state index >= 15 is 0 Å². The fourth-order valence-corrected chi connectivity index (χ4v) is 4.20. The topological polar surface area (TPSA) is 77.4 Å². The summed E-state index contributed by atoms with van der Waals surface area (Å²) in [5.74, 6) is -0.973. The summed E-state index contributed by atoms with van der Waals surface area (Å²) >= 11 is 1.52. The van der Waals surface area contributed by atoms with Crippen LogP contribution in [-0.2, 0) is 20.9 Å². The van der Waals surface area contributed by atoms with Crippen LogP contribution in [0.3, 0.4) is 0 Å². The number of nitrogens with zero attached hydrogens (tertiary/aromatic N) is 1. The molecular formula is C25H22N2O4S. The number of anilines is 1. The molecule has 0 fully saturated rings. The summed E-state index contributed by atoms with van der Waals surface area (Å²) in [5, 5.41) is 3.86. The number of hydrogen-bond acceptors (Lipinski definition) is 5. The van der Waals surface area contributed by atoms with Gasteiger partial charge in [0, 0.05) is 15.7 Å². The zero-order valence-electron chi connectivity index (χ0n) is 17.7. The first-order valence-electron chi connectivity index (χ1n) is 10.1. The van der Waals surface area contributed by atoms with Crippen LogP contribution in [0.1, 0.15) is 6.92 Å². The molecule has 1 heterocycles. The first kappa shape index (κ1) is 21.6. The third-order valence-corrected chi connectivity index (χ3v) is 6.00. The molecule has 32 heavy (non-hydrogen) atoms. The molecule has 1 unspecified atom stereocenters. The predicted molar refractivity (Wildman–Crippen MR) is 128 cm³/mol. The van der Waals surface area contributed by atoms with E-state index in [0.717, 1.165) is 4.90 Å². The second-order valence-electron chi connectivity index (χ2n) is 7.27. The van der Waals surface area contributed by atoms with Crippen molar-refractivity contribution in [2.45, 2.75) is 24.5 Å². The fraction of sp³-hybridized carbons (Fsp3) is 0.160. The highest BCUT2D eigenvalue weighted by molar-refractivity contribution is 7.98. The third kappa shape index (κ3) is 4.24. The van der Waals surface area contributed by atoms with E-state index in [1.807, 2.05) is 36.6 Å². The second kappa shape index (κ2) is 9.28. The van der Waals surface area contributed by atoms with Crippen molar-refractivity contribution in [3.63, 3.8) is 0 Å². The maximum absolute atomic E-state index is 12.8. The van der Waals surface area contributed by atoms with E-state index in [0.29, 0.717) is 27.5 Å². The Bertz CT molecular complexity index is 1320. The van der Waals surface area contributed by atoms with E-state index < -0.39 is 18.0 Å². The van der Waals surface area contributed by atoms with E-state index in [1.54, 1.807) is 47.0 Å². The lowest BCUT2D eigenvalue weighted by molar-refractivity contribution is -0.153. The number of amides is 1. The molecule has 1 N–H and O–H groups in total. The summed E-state index contributed by atoms with van der Waals surface area (Å²) in [6.07, 6.45) is 0.947. The average Bonchev–Trinajstić information content (AvgIpc) is 2.82. The first-order valence-corrected chi connectivity index (χ1v) is 11.4. The number of benzene rings is 3. The van der Waals surface area contributed by atoms with E-state index in [9.17, 15) is 14.4 Å². The van der Waals surface area contributed by atoms with Gasteiger partial charge in [-0.05, 0) is 49.6 Å². The van der Waals surface area contributed by atoms with Crippen molar-refractivity contribution in [2.24, 2.45) is 0 Å². The maximum atomic E-state index is 12.8. The van der Waals surface area contributed by atoms with Gasteiger partial charge >= 0.3 is 5.97 Å². The second-order valence-corrected chi connectivity index (χ2v) is 8.12. The van der Waals surface area contributed by atoms with Gasteiger partial charge in [0.1, 0.15) is 6.54 Å². The molecule has 4 aromatic rings. The normalized spacial score (nSPS) is 11.9.